The highest BCUT2D eigenvalue weighted by Gasteiger charge is 2.61. The predicted molar refractivity (Wildman–Crippen MR) is 133 cm³/mol. The zero-order valence-electron chi connectivity index (χ0n) is 19.4. The van der Waals surface area contributed by atoms with E-state index in [4.69, 9.17) is 11.6 Å². The van der Waals surface area contributed by atoms with E-state index in [1.165, 1.54) is 18.2 Å². The van der Waals surface area contributed by atoms with Gasteiger partial charge in [0.1, 0.15) is 0 Å². The molecule has 2 aliphatic rings. The number of nitrogens with one attached hydrogen (secondary N) is 2. The van der Waals surface area contributed by atoms with Gasteiger partial charge in [0.25, 0.3) is 5.91 Å². The molecular weight excluding hydrogens is 514 g/mol. The van der Waals surface area contributed by atoms with Crippen LogP contribution >= 0.6 is 11.6 Å². The number of hydrogen-bond donors (Lipinski definition) is 2. The molecule has 5 rings (SSSR count). The number of carbonyl (C=O) groups excluding carboxylic acids is 1. The Bertz CT molecular complexity index is 1440. The molecule has 1 aromatic carbocycles. The van der Waals surface area contributed by atoms with E-state index in [9.17, 15) is 22.0 Å². The third kappa shape index (κ3) is 5.00. The number of sulfonamides is 1. The lowest BCUT2D eigenvalue weighted by molar-refractivity contribution is -0.170. The average molecular weight is 537 g/mol. The third-order valence-electron chi connectivity index (χ3n) is 6.28. The van der Waals surface area contributed by atoms with Crippen molar-refractivity contribution in [3.63, 3.8) is 0 Å². The van der Waals surface area contributed by atoms with Crippen LogP contribution in [0.1, 0.15) is 23.2 Å². The number of carbonyl (C=O) groups is 1. The standard InChI is InChI=1S/C23H23ClF2N6O3S/c1-31-9-14(21(33)29-16-4-15(24)5-17(6-16)30-36(2,34)35)3-19(31)20-27-7-18(8-28-20)32-12-22(13-32)10-23(25,26)11-22/h3-9,30H,10-13H2,1-2H3,(H,29,33). The monoisotopic (exact) mass is 536 g/mol. The zero-order chi connectivity index (χ0) is 25.9. The van der Waals surface area contributed by atoms with E-state index in [1.807, 2.05) is 4.90 Å². The summed E-state index contributed by atoms with van der Waals surface area (Å²) in [6.07, 6.45) is 5.82. The van der Waals surface area contributed by atoms with E-state index < -0.39 is 21.9 Å². The van der Waals surface area contributed by atoms with Crippen molar-refractivity contribution in [2.45, 2.75) is 18.8 Å². The molecule has 2 aromatic heterocycles. The number of benzene rings is 1. The Balaban J connectivity index is 1.27. The van der Waals surface area contributed by atoms with Crippen LogP contribution in [0.25, 0.3) is 11.5 Å². The van der Waals surface area contributed by atoms with Crippen LogP contribution in [0.5, 0.6) is 0 Å². The Morgan fingerprint density at radius 1 is 1.08 bits per heavy atom. The highest BCUT2D eigenvalue weighted by Crippen LogP contribution is 2.57. The van der Waals surface area contributed by atoms with E-state index in [2.05, 4.69) is 20.0 Å². The zero-order valence-corrected chi connectivity index (χ0v) is 21.0. The lowest BCUT2D eigenvalue weighted by Crippen LogP contribution is -2.66. The molecule has 2 fully saturated rings. The molecule has 9 nitrogen and oxygen atoms in total. The van der Waals surface area contributed by atoms with E-state index in [0.29, 0.717) is 35.9 Å². The highest BCUT2D eigenvalue weighted by molar-refractivity contribution is 7.92. The fraction of sp³-hybridized carbons (Fsp3) is 0.348. The van der Waals surface area contributed by atoms with E-state index >= 15 is 0 Å². The van der Waals surface area contributed by atoms with Crippen molar-refractivity contribution in [2.75, 3.05) is 34.3 Å². The van der Waals surface area contributed by atoms with Crippen molar-refractivity contribution in [1.82, 2.24) is 14.5 Å². The molecule has 36 heavy (non-hydrogen) atoms. The van der Waals surface area contributed by atoms with Gasteiger partial charge in [-0.1, -0.05) is 11.6 Å². The number of rotatable bonds is 6. The largest absolute Gasteiger partial charge is 0.368 e. The van der Waals surface area contributed by atoms with Gasteiger partial charge in [-0.05, 0) is 24.3 Å². The molecule has 2 N–H and O–H groups in total. The molecule has 3 aromatic rings. The van der Waals surface area contributed by atoms with Crippen LogP contribution in [-0.4, -0.2) is 54.1 Å². The molecule has 1 amide bonds. The Kier molecular flexibility index (Phi) is 5.71. The Morgan fingerprint density at radius 2 is 1.72 bits per heavy atom. The quantitative estimate of drug-likeness (QED) is 0.493. The van der Waals surface area contributed by atoms with E-state index in [1.54, 1.807) is 36.3 Å². The minimum atomic E-state index is -3.51. The summed E-state index contributed by atoms with van der Waals surface area (Å²) in [5.41, 5.74) is 1.98. The summed E-state index contributed by atoms with van der Waals surface area (Å²) in [4.78, 5) is 23.7. The van der Waals surface area contributed by atoms with Gasteiger partial charge in [0, 0.05) is 55.3 Å². The first-order valence-electron chi connectivity index (χ1n) is 11.0. The molecule has 1 saturated carbocycles. The molecule has 1 spiro atoms. The molecular formula is C23H23ClF2N6O3S. The van der Waals surface area contributed by atoms with Gasteiger partial charge in [0.15, 0.2) is 5.82 Å². The van der Waals surface area contributed by atoms with Crippen LogP contribution in [0, 0.1) is 5.41 Å². The summed E-state index contributed by atoms with van der Waals surface area (Å²) in [7, 11) is -1.75. The van der Waals surface area contributed by atoms with Gasteiger partial charge < -0.3 is 14.8 Å². The number of aromatic nitrogens is 3. The van der Waals surface area contributed by atoms with Crippen LogP contribution in [-0.2, 0) is 17.1 Å². The molecule has 0 bridgehead atoms. The maximum Gasteiger partial charge on any atom is 0.257 e. The van der Waals surface area contributed by atoms with Crippen LogP contribution in [0.2, 0.25) is 5.02 Å². The van der Waals surface area contributed by atoms with Crippen molar-refractivity contribution in [3.8, 4) is 11.5 Å². The smallest absolute Gasteiger partial charge is 0.257 e. The van der Waals surface area contributed by atoms with Gasteiger partial charge in [-0.15, -0.1) is 0 Å². The number of hydrogen-bond acceptors (Lipinski definition) is 6. The van der Waals surface area contributed by atoms with Gasteiger partial charge in [-0.25, -0.2) is 27.2 Å². The van der Waals surface area contributed by atoms with Crippen molar-refractivity contribution in [3.05, 3.63) is 53.4 Å². The molecule has 0 radical (unpaired) electrons. The van der Waals surface area contributed by atoms with Crippen molar-refractivity contribution < 1.29 is 22.0 Å². The summed E-state index contributed by atoms with van der Waals surface area (Å²) >= 11 is 6.06. The highest BCUT2D eigenvalue weighted by atomic mass is 35.5. The molecule has 1 saturated heterocycles. The van der Waals surface area contributed by atoms with Crippen LogP contribution in [0.15, 0.2) is 42.9 Å². The maximum atomic E-state index is 13.2. The Hall–Kier alpha value is -3.25. The van der Waals surface area contributed by atoms with Gasteiger partial charge in [-0.3, -0.25) is 9.52 Å². The first kappa shape index (κ1) is 24.4. The van der Waals surface area contributed by atoms with Gasteiger partial charge >= 0.3 is 0 Å². The summed E-state index contributed by atoms with van der Waals surface area (Å²) in [5.74, 6) is -2.55. The summed E-state index contributed by atoms with van der Waals surface area (Å²) < 4.78 is 53.5. The van der Waals surface area contributed by atoms with Gasteiger partial charge in [0.05, 0.1) is 41.3 Å². The first-order valence-corrected chi connectivity index (χ1v) is 13.3. The van der Waals surface area contributed by atoms with Crippen molar-refractivity contribution in [2.24, 2.45) is 12.5 Å². The molecule has 3 heterocycles. The third-order valence-corrected chi connectivity index (χ3v) is 7.10. The fourth-order valence-corrected chi connectivity index (χ4v) is 5.66. The maximum absolute atomic E-state index is 13.2. The average Bonchev–Trinajstić information content (AvgIpc) is 3.10. The van der Waals surface area contributed by atoms with Crippen molar-refractivity contribution in [1.29, 1.82) is 0 Å². The lowest BCUT2D eigenvalue weighted by Gasteiger charge is -2.59. The first-order chi connectivity index (χ1) is 16.8. The number of halogens is 3. The summed E-state index contributed by atoms with van der Waals surface area (Å²) in [6, 6.07) is 6.03. The molecule has 13 heteroatoms. The second-order valence-electron chi connectivity index (χ2n) is 9.61. The number of anilines is 3. The van der Waals surface area contributed by atoms with Crippen molar-refractivity contribution >= 4 is 44.6 Å². The topological polar surface area (TPSA) is 109 Å². The number of amides is 1. The molecule has 1 aliphatic heterocycles. The predicted octanol–water partition coefficient (Wildman–Crippen LogP) is 3.99. The minimum Gasteiger partial charge on any atom is -0.368 e. The number of nitrogens with zero attached hydrogens (tertiary/aromatic N) is 4. The van der Waals surface area contributed by atoms with Gasteiger partial charge in [-0.2, -0.15) is 0 Å². The van der Waals surface area contributed by atoms with Crippen LogP contribution in [0.4, 0.5) is 25.8 Å². The second kappa shape index (κ2) is 8.41. The fourth-order valence-electron chi connectivity index (χ4n) is 4.88. The van der Waals surface area contributed by atoms with Gasteiger partial charge in [0.2, 0.25) is 15.9 Å². The van der Waals surface area contributed by atoms with Crippen LogP contribution < -0.4 is 14.9 Å². The Labute approximate surface area is 211 Å². The van der Waals surface area contributed by atoms with Crippen LogP contribution in [0.3, 0.4) is 0 Å². The molecule has 0 unspecified atom stereocenters. The SMILES string of the molecule is Cn1cc(C(=O)Nc2cc(Cl)cc(NS(C)(=O)=O)c2)cc1-c1ncc(N2CC3(C2)CC(F)(F)C3)cn1. The molecule has 190 valence electrons. The minimum absolute atomic E-state index is 0.0612. The molecule has 1 aliphatic carbocycles. The second-order valence-corrected chi connectivity index (χ2v) is 11.8. The summed E-state index contributed by atoms with van der Waals surface area (Å²) in [5, 5.41) is 2.96. The summed E-state index contributed by atoms with van der Waals surface area (Å²) in [6.45, 7) is 1.15. The normalized spacial score (nSPS) is 17.9. The number of alkyl halides is 2. The van der Waals surface area contributed by atoms with E-state index in [0.717, 1.165) is 11.9 Å². The molecule has 0 atom stereocenters. The number of aryl methyl sites for hydroxylation is 1. The Morgan fingerprint density at radius 3 is 2.33 bits per heavy atom. The van der Waals surface area contributed by atoms with E-state index in [-0.39, 0.29) is 29.0 Å². The lowest BCUT2D eigenvalue weighted by atomic mass is 9.61.